The fourth-order valence-electron chi connectivity index (χ4n) is 7.59. The molecule has 6 heteroatoms. The number of hydrogen-bond acceptors (Lipinski definition) is 6. The number of hydrogen-bond donors (Lipinski definition) is 0. The molecule has 6 nitrogen and oxygen atoms in total. The van der Waals surface area contributed by atoms with Crippen LogP contribution in [0.3, 0.4) is 0 Å². The van der Waals surface area contributed by atoms with Gasteiger partial charge in [-0.1, -0.05) is 244 Å². The Morgan fingerprint density at radius 1 is 0.292 bits per heavy atom. The van der Waals surface area contributed by atoms with Crippen molar-refractivity contribution >= 4 is 17.9 Å². The predicted molar refractivity (Wildman–Crippen MR) is 311 cm³/mol. The highest BCUT2D eigenvalue weighted by Gasteiger charge is 2.19. The molecular weight excluding hydrogens is 889 g/mol. The predicted octanol–water partition coefficient (Wildman–Crippen LogP) is 19.8. The molecule has 0 amide bonds. The minimum absolute atomic E-state index is 0.0901. The molecule has 0 saturated heterocycles. The van der Waals surface area contributed by atoms with E-state index < -0.39 is 6.10 Å². The Labute approximate surface area is 443 Å². The molecule has 406 valence electrons. The summed E-state index contributed by atoms with van der Waals surface area (Å²) in [5, 5.41) is 0. The molecule has 72 heavy (non-hydrogen) atoms. The van der Waals surface area contributed by atoms with E-state index in [1.165, 1.54) is 57.8 Å². The van der Waals surface area contributed by atoms with Crippen molar-refractivity contribution in [3.63, 3.8) is 0 Å². The molecule has 0 N–H and O–H groups in total. The summed E-state index contributed by atoms with van der Waals surface area (Å²) in [7, 11) is 0. The molecular formula is C66H106O6. The van der Waals surface area contributed by atoms with E-state index in [4.69, 9.17) is 14.2 Å². The van der Waals surface area contributed by atoms with Crippen LogP contribution in [-0.2, 0) is 28.6 Å². The summed E-state index contributed by atoms with van der Waals surface area (Å²) in [6.07, 6.45) is 83.3. The van der Waals surface area contributed by atoms with Crippen LogP contribution in [0.1, 0.15) is 245 Å². The lowest BCUT2D eigenvalue weighted by Crippen LogP contribution is -2.30. The maximum Gasteiger partial charge on any atom is 0.306 e. The van der Waals surface area contributed by atoms with Gasteiger partial charge in [0.25, 0.3) is 0 Å². The van der Waals surface area contributed by atoms with Crippen LogP contribution in [-0.4, -0.2) is 37.2 Å². The van der Waals surface area contributed by atoms with E-state index in [9.17, 15) is 14.4 Å². The van der Waals surface area contributed by atoms with E-state index in [0.29, 0.717) is 19.3 Å². The van der Waals surface area contributed by atoms with Crippen LogP contribution in [0.2, 0.25) is 0 Å². The first-order chi connectivity index (χ1) is 35.5. The van der Waals surface area contributed by atoms with Crippen LogP contribution in [0.5, 0.6) is 0 Å². The minimum atomic E-state index is -0.790. The summed E-state index contributed by atoms with van der Waals surface area (Å²) in [6.45, 7) is 6.32. The van der Waals surface area contributed by atoms with Crippen molar-refractivity contribution in [1.29, 1.82) is 0 Å². The van der Waals surface area contributed by atoms with Crippen LogP contribution in [0.15, 0.2) is 134 Å². The van der Waals surface area contributed by atoms with Gasteiger partial charge in [-0.3, -0.25) is 14.4 Å². The first kappa shape index (κ1) is 67.5. The molecule has 0 spiro atoms. The van der Waals surface area contributed by atoms with Crippen LogP contribution >= 0.6 is 0 Å². The molecule has 0 bridgehead atoms. The van der Waals surface area contributed by atoms with Gasteiger partial charge in [-0.05, 0) is 116 Å². The Bertz CT molecular complexity index is 1560. The van der Waals surface area contributed by atoms with Crippen molar-refractivity contribution < 1.29 is 28.6 Å². The summed E-state index contributed by atoms with van der Waals surface area (Å²) in [4.78, 5) is 37.9. The van der Waals surface area contributed by atoms with E-state index >= 15 is 0 Å². The average molecular weight is 996 g/mol. The molecule has 0 fully saturated rings. The Hall–Kier alpha value is -4.45. The standard InChI is InChI=1S/C66H106O6/c1-4-7-10-13-16-18-20-22-24-26-27-28-29-30-31-32-33-34-35-36-37-38-39-41-42-44-46-48-50-53-56-59-65(68)71-62-63(61-70-64(67)58-55-52-15-12-9-6-3)72-66(69)60-57-54-51-49-47-45-43-40-25-23-21-19-17-14-11-8-5-2/h7-8,10-11,16-19,22-25,27-28,30-31,33-34,36-37,39,41,63H,4-6,9,12-15,20-21,26,29,32,35,38,40,42-62H2,1-3H3/b10-7-,11-8-,18-16-,19-17-,24-22-,25-23-,28-27-,31-30-,34-33-,37-36-,41-39-. The van der Waals surface area contributed by atoms with Gasteiger partial charge in [0.2, 0.25) is 0 Å². The molecule has 1 unspecified atom stereocenters. The first-order valence-electron chi connectivity index (χ1n) is 29.2. The molecule has 0 aromatic carbocycles. The highest BCUT2D eigenvalue weighted by molar-refractivity contribution is 5.71. The number of rotatable bonds is 51. The zero-order chi connectivity index (χ0) is 52.2. The Morgan fingerprint density at radius 2 is 0.542 bits per heavy atom. The van der Waals surface area contributed by atoms with Crippen molar-refractivity contribution in [2.24, 2.45) is 0 Å². The lowest BCUT2D eigenvalue weighted by Gasteiger charge is -2.18. The summed E-state index contributed by atoms with van der Waals surface area (Å²) in [5.41, 5.74) is 0. The summed E-state index contributed by atoms with van der Waals surface area (Å²) in [6, 6.07) is 0. The second-order valence-electron chi connectivity index (χ2n) is 18.8. The van der Waals surface area contributed by atoms with Crippen LogP contribution in [0, 0.1) is 0 Å². The van der Waals surface area contributed by atoms with E-state index in [1.807, 2.05) is 0 Å². The van der Waals surface area contributed by atoms with Crippen molar-refractivity contribution in [1.82, 2.24) is 0 Å². The van der Waals surface area contributed by atoms with E-state index in [-0.39, 0.29) is 31.1 Å². The van der Waals surface area contributed by atoms with Crippen LogP contribution in [0.25, 0.3) is 0 Å². The summed E-state index contributed by atoms with van der Waals surface area (Å²) in [5.74, 6) is -0.930. The minimum Gasteiger partial charge on any atom is -0.462 e. The molecule has 0 aromatic heterocycles. The van der Waals surface area contributed by atoms with E-state index in [1.54, 1.807) is 0 Å². The summed E-state index contributed by atoms with van der Waals surface area (Å²) < 4.78 is 16.7. The lowest BCUT2D eigenvalue weighted by molar-refractivity contribution is -0.167. The van der Waals surface area contributed by atoms with Gasteiger partial charge in [0.15, 0.2) is 6.10 Å². The molecule has 1 atom stereocenters. The third-order valence-corrected chi connectivity index (χ3v) is 11.9. The van der Waals surface area contributed by atoms with E-state index in [0.717, 1.165) is 148 Å². The van der Waals surface area contributed by atoms with E-state index in [2.05, 4.69) is 154 Å². The van der Waals surface area contributed by atoms with Crippen LogP contribution < -0.4 is 0 Å². The van der Waals surface area contributed by atoms with Gasteiger partial charge in [0.05, 0.1) is 0 Å². The molecule has 0 aromatic rings. The third kappa shape index (κ3) is 56.5. The Balaban J connectivity index is 4.19. The van der Waals surface area contributed by atoms with Gasteiger partial charge in [-0.25, -0.2) is 0 Å². The van der Waals surface area contributed by atoms with Gasteiger partial charge in [-0.2, -0.15) is 0 Å². The van der Waals surface area contributed by atoms with Gasteiger partial charge < -0.3 is 14.2 Å². The quantitative estimate of drug-likeness (QED) is 0.0261. The smallest absolute Gasteiger partial charge is 0.306 e. The van der Waals surface area contributed by atoms with Gasteiger partial charge >= 0.3 is 17.9 Å². The van der Waals surface area contributed by atoms with Crippen molar-refractivity contribution in [2.75, 3.05) is 13.2 Å². The Kier molecular flexibility index (Phi) is 55.5. The number of carbonyl (C=O) groups is 3. The van der Waals surface area contributed by atoms with Gasteiger partial charge in [-0.15, -0.1) is 0 Å². The van der Waals surface area contributed by atoms with Crippen LogP contribution in [0.4, 0.5) is 0 Å². The van der Waals surface area contributed by atoms with Crippen molar-refractivity contribution in [2.45, 2.75) is 252 Å². The number of ether oxygens (including phenoxy) is 3. The highest BCUT2D eigenvalue weighted by atomic mass is 16.6. The number of esters is 3. The highest BCUT2D eigenvalue weighted by Crippen LogP contribution is 2.14. The third-order valence-electron chi connectivity index (χ3n) is 11.9. The second kappa shape index (κ2) is 59.1. The number of carbonyl (C=O) groups excluding carboxylic acids is 3. The Morgan fingerprint density at radius 3 is 0.847 bits per heavy atom. The van der Waals surface area contributed by atoms with Crippen molar-refractivity contribution in [3.8, 4) is 0 Å². The zero-order valence-corrected chi connectivity index (χ0v) is 46.4. The van der Waals surface area contributed by atoms with Crippen molar-refractivity contribution in [3.05, 3.63) is 134 Å². The molecule has 0 heterocycles. The average Bonchev–Trinajstić information content (AvgIpc) is 3.38. The second-order valence-corrected chi connectivity index (χ2v) is 18.8. The first-order valence-corrected chi connectivity index (χ1v) is 29.2. The monoisotopic (exact) mass is 995 g/mol. The fourth-order valence-corrected chi connectivity index (χ4v) is 7.59. The van der Waals surface area contributed by atoms with Gasteiger partial charge in [0, 0.05) is 19.3 Å². The summed E-state index contributed by atoms with van der Waals surface area (Å²) >= 11 is 0. The number of allylic oxidation sites excluding steroid dienone is 22. The SMILES string of the molecule is CC/C=C\C/C=C\C/C=C\C/C=C\C/C=C\C/C=C\C/C=C\C/C=C\CCCCCCCCC(=O)OCC(COC(=O)CCCCCCCC)OC(=O)CCCCCCCCC/C=C\C/C=C\C/C=C\CC. The maximum atomic E-state index is 12.8. The molecule has 0 aliphatic carbocycles. The molecule has 0 saturated carbocycles. The molecule has 0 radical (unpaired) electrons. The molecule has 0 aliphatic rings. The fraction of sp³-hybridized carbons (Fsp3) is 0.621. The largest absolute Gasteiger partial charge is 0.462 e. The lowest BCUT2D eigenvalue weighted by atomic mass is 10.1. The molecule has 0 aliphatic heterocycles. The normalized spacial score (nSPS) is 13.1. The topological polar surface area (TPSA) is 78.9 Å². The number of unbranched alkanes of at least 4 members (excludes halogenated alkanes) is 18. The maximum absolute atomic E-state index is 12.8. The molecule has 0 rings (SSSR count). The van der Waals surface area contributed by atoms with Gasteiger partial charge in [0.1, 0.15) is 13.2 Å². The zero-order valence-electron chi connectivity index (χ0n) is 46.4.